The third-order valence-electron chi connectivity index (χ3n) is 7.24. The van der Waals surface area contributed by atoms with Gasteiger partial charge in [-0.25, -0.2) is 23.8 Å². The Labute approximate surface area is 227 Å². The fourth-order valence-electron chi connectivity index (χ4n) is 5.38. The molecule has 10 nitrogen and oxygen atoms in total. The number of anilines is 1. The number of aliphatic hydroxyl groups is 1. The number of hydrogen-bond acceptors (Lipinski definition) is 8. The molecular formula is C28H37FN6O4. The van der Waals surface area contributed by atoms with Crippen molar-refractivity contribution in [1.29, 1.82) is 0 Å². The van der Waals surface area contributed by atoms with Gasteiger partial charge in [-0.3, -0.25) is 0 Å². The minimum atomic E-state index is -1.22. The van der Waals surface area contributed by atoms with Crippen molar-refractivity contribution < 1.29 is 23.8 Å². The summed E-state index contributed by atoms with van der Waals surface area (Å²) in [6.07, 6.45) is 0.337. The minimum Gasteiger partial charge on any atom is -0.444 e. The Kier molecular flexibility index (Phi) is 7.47. The molecule has 4 heterocycles. The van der Waals surface area contributed by atoms with Crippen LogP contribution in [0.3, 0.4) is 0 Å². The first-order valence-corrected chi connectivity index (χ1v) is 13.5. The summed E-state index contributed by atoms with van der Waals surface area (Å²) in [5.41, 5.74) is 2.10. The van der Waals surface area contributed by atoms with Gasteiger partial charge in [-0.1, -0.05) is 0 Å². The molecule has 2 aromatic heterocycles. The van der Waals surface area contributed by atoms with E-state index >= 15 is 4.39 Å². The van der Waals surface area contributed by atoms with Gasteiger partial charge in [-0.2, -0.15) is 5.10 Å². The summed E-state index contributed by atoms with van der Waals surface area (Å²) in [4.78, 5) is 25.3. The molecule has 5 rings (SSSR count). The number of ether oxygens (including phenoxy) is 2. The number of aromatic nitrogens is 4. The number of fused-ring (bicyclic) bond motifs is 1. The minimum absolute atomic E-state index is 0.000826. The number of hydrogen-bond donors (Lipinski definition) is 1. The van der Waals surface area contributed by atoms with Crippen molar-refractivity contribution in [2.45, 2.75) is 64.8 Å². The average molecular weight is 541 g/mol. The maximum Gasteiger partial charge on any atom is 0.410 e. The van der Waals surface area contributed by atoms with Crippen molar-refractivity contribution >= 4 is 22.8 Å². The van der Waals surface area contributed by atoms with Gasteiger partial charge in [0.05, 0.1) is 37.6 Å². The lowest BCUT2D eigenvalue weighted by atomic mass is 9.85. The summed E-state index contributed by atoms with van der Waals surface area (Å²) in [5, 5.41) is 15.1. The Morgan fingerprint density at radius 1 is 1.15 bits per heavy atom. The molecule has 3 aromatic rings. The average Bonchev–Trinajstić information content (AvgIpc) is 3.29. The van der Waals surface area contributed by atoms with E-state index in [9.17, 15) is 9.90 Å². The van der Waals surface area contributed by atoms with E-state index < -0.39 is 17.9 Å². The standard InChI is InChI=1S/C28H37FN6O4/c1-17-10-19-13-30-35(26-12-25(31-18(2)32-26)33-8-9-38-20(14-33)16-36)24(19)11-22(17)21-6-7-34(15-23(21)29)27(37)39-28(3,4)5/h10-13,20-21,23,36H,6-9,14-16H2,1-5H3/t20-,21-,23-/m1/s1. The number of aryl methyl sites for hydroxylation is 2. The van der Waals surface area contributed by atoms with Crippen molar-refractivity contribution in [3.05, 3.63) is 41.3 Å². The summed E-state index contributed by atoms with van der Waals surface area (Å²) in [5.74, 6) is 1.62. The number of carbonyl (C=O) groups excluding carboxylic acids is 1. The molecule has 3 atom stereocenters. The molecule has 2 aliphatic heterocycles. The number of aliphatic hydroxyl groups excluding tert-OH is 1. The molecule has 0 saturated carbocycles. The van der Waals surface area contributed by atoms with Crippen molar-refractivity contribution in [2.24, 2.45) is 0 Å². The summed E-state index contributed by atoms with van der Waals surface area (Å²) in [6, 6.07) is 5.92. The van der Waals surface area contributed by atoms with Crippen LogP contribution in [0.15, 0.2) is 24.4 Å². The molecule has 11 heteroatoms. The molecule has 0 radical (unpaired) electrons. The van der Waals surface area contributed by atoms with Crippen LogP contribution in [0.25, 0.3) is 16.7 Å². The van der Waals surface area contributed by atoms with Crippen LogP contribution >= 0.6 is 0 Å². The molecule has 1 N–H and O–H groups in total. The fourth-order valence-corrected chi connectivity index (χ4v) is 5.38. The van der Waals surface area contributed by atoms with Gasteiger partial charge in [0.2, 0.25) is 0 Å². The predicted molar refractivity (Wildman–Crippen MR) is 145 cm³/mol. The fraction of sp³-hybridized carbons (Fsp3) is 0.571. The van der Waals surface area contributed by atoms with Gasteiger partial charge in [-0.05, 0) is 64.3 Å². The van der Waals surface area contributed by atoms with Gasteiger partial charge in [0, 0.05) is 37.0 Å². The molecular weight excluding hydrogens is 503 g/mol. The lowest BCUT2D eigenvalue weighted by Crippen LogP contribution is -2.46. The van der Waals surface area contributed by atoms with Crippen molar-refractivity contribution in [3.63, 3.8) is 0 Å². The van der Waals surface area contributed by atoms with Crippen LogP contribution in [0.5, 0.6) is 0 Å². The van der Waals surface area contributed by atoms with E-state index in [-0.39, 0.29) is 25.2 Å². The number of amides is 1. The molecule has 2 fully saturated rings. The highest BCUT2D eigenvalue weighted by atomic mass is 19.1. The van der Waals surface area contributed by atoms with E-state index in [1.165, 1.54) is 4.90 Å². The first-order chi connectivity index (χ1) is 18.5. The van der Waals surface area contributed by atoms with Gasteiger partial charge in [0.1, 0.15) is 23.4 Å². The number of carbonyl (C=O) groups is 1. The third-order valence-corrected chi connectivity index (χ3v) is 7.24. The van der Waals surface area contributed by atoms with E-state index in [0.717, 1.165) is 27.8 Å². The molecule has 1 amide bonds. The monoisotopic (exact) mass is 540 g/mol. The third kappa shape index (κ3) is 5.84. The first-order valence-electron chi connectivity index (χ1n) is 13.5. The second-order valence-corrected chi connectivity index (χ2v) is 11.4. The number of benzene rings is 1. The Hall–Kier alpha value is -3.31. The Balaban J connectivity index is 1.43. The van der Waals surface area contributed by atoms with Crippen LogP contribution in [-0.2, 0) is 9.47 Å². The molecule has 1 aromatic carbocycles. The van der Waals surface area contributed by atoms with Crippen LogP contribution in [0.2, 0.25) is 0 Å². The van der Waals surface area contributed by atoms with Crippen LogP contribution < -0.4 is 4.90 Å². The van der Waals surface area contributed by atoms with E-state index in [1.807, 2.05) is 32.0 Å². The summed E-state index contributed by atoms with van der Waals surface area (Å²) < 4.78 is 28.4. The van der Waals surface area contributed by atoms with Crippen LogP contribution in [-0.4, -0.2) is 93.1 Å². The number of likely N-dealkylation sites (tertiary alicyclic amines) is 1. The quantitative estimate of drug-likeness (QED) is 0.534. The number of piperidine rings is 1. The van der Waals surface area contributed by atoms with Crippen molar-refractivity contribution in [1.82, 2.24) is 24.6 Å². The number of alkyl halides is 1. The zero-order valence-corrected chi connectivity index (χ0v) is 23.2. The number of nitrogens with zero attached hydrogens (tertiary/aromatic N) is 6. The maximum absolute atomic E-state index is 15.6. The molecule has 210 valence electrons. The predicted octanol–water partition coefficient (Wildman–Crippen LogP) is 3.69. The molecule has 0 aliphatic carbocycles. The summed E-state index contributed by atoms with van der Waals surface area (Å²) in [6.45, 7) is 11.3. The van der Waals surface area contributed by atoms with Crippen LogP contribution in [0.1, 0.15) is 50.1 Å². The lowest BCUT2D eigenvalue weighted by Gasteiger charge is -2.36. The molecule has 0 bridgehead atoms. The molecule has 2 saturated heterocycles. The number of rotatable bonds is 4. The van der Waals surface area contributed by atoms with Crippen LogP contribution in [0, 0.1) is 13.8 Å². The molecule has 2 aliphatic rings. The van der Waals surface area contributed by atoms with E-state index in [2.05, 4.69) is 20.0 Å². The van der Waals surface area contributed by atoms with Gasteiger partial charge in [0.25, 0.3) is 0 Å². The van der Waals surface area contributed by atoms with Gasteiger partial charge >= 0.3 is 6.09 Å². The maximum atomic E-state index is 15.6. The zero-order valence-electron chi connectivity index (χ0n) is 23.2. The van der Waals surface area contributed by atoms with Gasteiger partial charge in [0.15, 0.2) is 5.82 Å². The second-order valence-electron chi connectivity index (χ2n) is 11.4. The lowest BCUT2D eigenvalue weighted by molar-refractivity contribution is 0.00335. The molecule has 0 unspecified atom stereocenters. The van der Waals surface area contributed by atoms with E-state index in [0.29, 0.717) is 44.3 Å². The Bertz CT molecular complexity index is 1360. The van der Waals surface area contributed by atoms with E-state index in [1.54, 1.807) is 31.6 Å². The number of halogens is 1. The topological polar surface area (TPSA) is 106 Å². The number of morpholine rings is 1. The highest BCUT2D eigenvalue weighted by Gasteiger charge is 2.35. The van der Waals surface area contributed by atoms with Crippen molar-refractivity contribution in [2.75, 3.05) is 44.3 Å². The normalized spacial score (nSPS) is 22.4. The largest absolute Gasteiger partial charge is 0.444 e. The van der Waals surface area contributed by atoms with E-state index in [4.69, 9.17) is 9.47 Å². The first kappa shape index (κ1) is 27.3. The SMILES string of the molecule is Cc1nc(N2CCO[C@@H](CO)C2)cc(-n2ncc3cc(C)c([C@H]4CCN(C(=O)OC(C)(C)C)C[C@H]4F)cc32)n1. The summed E-state index contributed by atoms with van der Waals surface area (Å²) >= 11 is 0. The van der Waals surface area contributed by atoms with Gasteiger partial charge in [-0.15, -0.1) is 0 Å². The molecule has 0 spiro atoms. The summed E-state index contributed by atoms with van der Waals surface area (Å²) in [7, 11) is 0. The van der Waals surface area contributed by atoms with Gasteiger partial charge < -0.3 is 24.4 Å². The highest BCUT2D eigenvalue weighted by Crippen LogP contribution is 2.35. The highest BCUT2D eigenvalue weighted by molar-refractivity contribution is 5.82. The van der Waals surface area contributed by atoms with Crippen molar-refractivity contribution in [3.8, 4) is 5.82 Å². The zero-order chi connectivity index (χ0) is 27.9. The Morgan fingerprint density at radius 3 is 2.64 bits per heavy atom. The second kappa shape index (κ2) is 10.7. The molecule has 39 heavy (non-hydrogen) atoms. The Morgan fingerprint density at radius 2 is 1.92 bits per heavy atom. The smallest absolute Gasteiger partial charge is 0.410 e. The van der Waals surface area contributed by atoms with Crippen LogP contribution in [0.4, 0.5) is 15.0 Å².